The number of aromatic nitrogens is 2. The summed E-state index contributed by atoms with van der Waals surface area (Å²) in [7, 11) is 0. The van der Waals surface area contributed by atoms with Crippen molar-refractivity contribution in [2.75, 3.05) is 0 Å². The summed E-state index contributed by atoms with van der Waals surface area (Å²) in [5.41, 5.74) is 2.75. The molecule has 2 aromatic carbocycles. The molecule has 4 rings (SSSR count). The van der Waals surface area contributed by atoms with Gasteiger partial charge in [0.2, 0.25) is 5.89 Å². The Bertz CT molecular complexity index is 1220. The Morgan fingerprint density at radius 2 is 1.87 bits per heavy atom. The van der Waals surface area contributed by atoms with Crippen molar-refractivity contribution in [3.8, 4) is 5.75 Å². The first kappa shape index (κ1) is 20.2. The van der Waals surface area contributed by atoms with Crippen LogP contribution in [-0.4, -0.2) is 15.3 Å². The van der Waals surface area contributed by atoms with Gasteiger partial charge in [0.25, 0.3) is 5.22 Å². The molecule has 7 heteroatoms. The molecule has 2 aromatic heterocycles. The van der Waals surface area contributed by atoms with Gasteiger partial charge in [-0.25, -0.2) is 4.79 Å². The molecule has 0 unspecified atom stereocenters. The maximum Gasteiger partial charge on any atom is 0.336 e. The fourth-order valence-electron chi connectivity index (χ4n) is 3.39. The highest BCUT2D eigenvalue weighted by Gasteiger charge is 2.15. The second-order valence-electron chi connectivity index (χ2n) is 7.19. The van der Waals surface area contributed by atoms with Crippen molar-refractivity contribution in [3.63, 3.8) is 0 Å². The minimum atomic E-state index is -0.454. The molecule has 0 saturated carbocycles. The van der Waals surface area contributed by atoms with Gasteiger partial charge in [-0.2, -0.15) is 0 Å². The molecule has 1 atom stereocenters. The molecule has 0 radical (unpaired) electrons. The van der Waals surface area contributed by atoms with E-state index in [1.165, 1.54) is 29.5 Å². The van der Waals surface area contributed by atoms with Crippen LogP contribution in [0, 0.1) is 0 Å². The van der Waals surface area contributed by atoms with Gasteiger partial charge >= 0.3 is 5.63 Å². The van der Waals surface area contributed by atoms with Crippen LogP contribution in [0.5, 0.6) is 5.75 Å². The summed E-state index contributed by atoms with van der Waals surface area (Å²) in [6.07, 6.45) is 1.34. The Labute approximate surface area is 178 Å². The molecule has 0 aliphatic rings. The largest absolute Gasteiger partial charge is 0.508 e. The highest BCUT2D eigenvalue weighted by Crippen LogP contribution is 2.30. The summed E-state index contributed by atoms with van der Waals surface area (Å²) in [6.45, 7) is 4.09. The number of thioether (sulfide) groups is 1. The number of aromatic hydroxyl groups is 1. The molecule has 0 saturated heterocycles. The van der Waals surface area contributed by atoms with Gasteiger partial charge in [-0.3, -0.25) is 0 Å². The average molecular weight is 423 g/mol. The van der Waals surface area contributed by atoms with Gasteiger partial charge in [0.15, 0.2) is 0 Å². The van der Waals surface area contributed by atoms with Crippen LogP contribution in [0.25, 0.3) is 11.0 Å². The molecule has 0 aliphatic heterocycles. The van der Waals surface area contributed by atoms with Crippen LogP contribution in [0.4, 0.5) is 0 Å². The van der Waals surface area contributed by atoms with E-state index in [1.807, 2.05) is 31.2 Å². The van der Waals surface area contributed by atoms with Crippen LogP contribution >= 0.6 is 11.8 Å². The quantitative estimate of drug-likeness (QED) is 0.328. The second kappa shape index (κ2) is 8.75. The van der Waals surface area contributed by atoms with Crippen molar-refractivity contribution in [2.24, 2.45) is 0 Å². The zero-order valence-electron chi connectivity index (χ0n) is 16.8. The van der Waals surface area contributed by atoms with Gasteiger partial charge in [-0.1, -0.05) is 55.9 Å². The van der Waals surface area contributed by atoms with Crippen LogP contribution < -0.4 is 5.63 Å². The maximum absolute atomic E-state index is 11.9. The van der Waals surface area contributed by atoms with Gasteiger partial charge in [-0.05, 0) is 35.1 Å². The molecule has 0 amide bonds. The van der Waals surface area contributed by atoms with E-state index in [0.717, 1.165) is 16.5 Å². The lowest BCUT2D eigenvalue weighted by molar-refractivity contribution is 0.404. The van der Waals surface area contributed by atoms with E-state index in [-0.39, 0.29) is 11.7 Å². The number of hydrogen-bond acceptors (Lipinski definition) is 7. The van der Waals surface area contributed by atoms with Crippen LogP contribution in [-0.2, 0) is 18.6 Å². The molecule has 2 heterocycles. The third kappa shape index (κ3) is 4.41. The third-order valence-electron chi connectivity index (χ3n) is 5.06. The highest BCUT2D eigenvalue weighted by molar-refractivity contribution is 7.98. The van der Waals surface area contributed by atoms with Crippen molar-refractivity contribution in [1.29, 1.82) is 0 Å². The normalized spacial score (nSPS) is 12.3. The fraction of sp³-hybridized carbons (Fsp3) is 0.261. The van der Waals surface area contributed by atoms with Gasteiger partial charge in [0.1, 0.15) is 11.3 Å². The highest BCUT2D eigenvalue weighted by atomic mass is 32.2. The van der Waals surface area contributed by atoms with E-state index in [0.29, 0.717) is 35.3 Å². The molecule has 4 aromatic rings. The van der Waals surface area contributed by atoms with Gasteiger partial charge in [-0.15, -0.1) is 10.2 Å². The standard InChI is InChI=1S/C23H22N2O4S/c1-3-15-10-18-17(11-22(27)28-20(18)12-19(15)26)13-30-23-25-24-21(29-23)9-14(2)16-7-5-4-6-8-16/h4-8,10-12,14,26H,3,9,13H2,1-2H3/t14-/m1/s1. The molecule has 0 bridgehead atoms. The second-order valence-corrected chi connectivity index (χ2v) is 8.11. The van der Waals surface area contributed by atoms with E-state index in [2.05, 4.69) is 29.3 Å². The Morgan fingerprint density at radius 3 is 2.63 bits per heavy atom. The van der Waals surface area contributed by atoms with Gasteiger partial charge < -0.3 is 13.9 Å². The summed E-state index contributed by atoms with van der Waals surface area (Å²) in [6, 6.07) is 15.0. The Hall–Kier alpha value is -3.06. The fourth-order valence-corrected chi connectivity index (χ4v) is 4.16. The molecular weight excluding hydrogens is 400 g/mol. The molecule has 0 spiro atoms. The number of nitrogens with zero attached hydrogens (tertiary/aromatic N) is 2. The number of aryl methyl sites for hydroxylation is 1. The predicted molar refractivity (Wildman–Crippen MR) is 116 cm³/mol. The topological polar surface area (TPSA) is 89.4 Å². The van der Waals surface area contributed by atoms with Crippen LogP contribution in [0.1, 0.15) is 42.3 Å². The van der Waals surface area contributed by atoms with Crippen molar-refractivity contribution in [1.82, 2.24) is 10.2 Å². The predicted octanol–water partition coefficient (Wildman–Crippen LogP) is 5.08. The summed E-state index contributed by atoms with van der Waals surface area (Å²) in [5.74, 6) is 1.47. The van der Waals surface area contributed by atoms with E-state index in [9.17, 15) is 9.90 Å². The molecular formula is C23H22N2O4S. The zero-order chi connectivity index (χ0) is 21.1. The first-order valence-corrected chi connectivity index (χ1v) is 10.8. The zero-order valence-corrected chi connectivity index (χ0v) is 17.6. The Balaban J connectivity index is 1.50. The van der Waals surface area contributed by atoms with Crippen molar-refractivity contribution >= 4 is 22.7 Å². The lowest BCUT2D eigenvalue weighted by Gasteiger charge is -2.08. The minimum absolute atomic E-state index is 0.132. The summed E-state index contributed by atoms with van der Waals surface area (Å²) < 4.78 is 11.1. The van der Waals surface area contributed by atoms with E-state index in [4.69, 9.17) is 8.83 Å². The van der Waals surface area contributed by atoms with Crippen LogP contribution in [0.15, 0.2) is 67.4 Å². The van der Waals surface area contributed by atoms with Gasteiger partial charge in [0, 0.05) is 29.7 Å². The molecule has 1 N–H and O–H groups in total. The van der Waals surface area contributed by atoms with Crippen molar-refractivity contribution < 1.29 is 13.9 Å². The van der Waals surface area contributed by atoms with Gasteiger partial charge in [0.05, 0.1) is 0 Å². The summed E-state index contributed by atoms with van der Waals surface area (Å²) >= 11 is 1.38. The van der Waals surface area contributed by atoms with E-state index < -0.39 is 5.63 Å². The summed E-state index contributed by atoms with van der Waals surface area (Å²) in [5, 5.41) is 19.6. The van der Waals surface area contributed by atoms with Crippen LogP contribution in [0.3, 0.4) is 0 Å². The molecule has 6 nitrogen and oxygen atoms in total. The molecule has 0 fully saturated rings. The van der Waals surface area contributed by atoms with E-state index >= 15 is 0 Å². The summed E-state index contributed by atoms with van der Waals surface area (Å²) in [4.78, 5) is 11.9. The lowest BCUT2D eigenvalue weighted by Crippen LogP contribution is -2.00. The minimum Gasteiger partial charge on any atom is -0.508 e. The first-order chi connectivity index (χ1) is 14.5. The lowest BCUT2D eigenvalue weighted by atomic mass is 9.98. The monoisotopic (exact) mass is 422 g/mol. The molecule has 30 heavy (non-hydrogen) atoms. The number of rotatable bonds is 7. The first-order valence-electron chi connectivity index (χ1n) is 9.82. The Morgan fingerprint density at radius 1 is 1.07 bits per heavy atom. The average Bonchev–Trinajstić information content (AvgIpc) is 3.19. The van der Waals surface area contributed by atoms with Crippen LogP contribution in [0.2, 0.25) is 0 Å². The third-order valence-corrected chi connectivity index (χ3v) is 5.93. The SMILES string of the molecule is CCc1cc2c(CSc3nnc(C[C@@H](C)c4ccccc4)o3)cc(=O)oc2cc1O. The molecule has 154 valence electrons. The number of phenolic OH excluding ortho intramolecular Hbond substituents is 1. The number of phenols is 1. The smallest absolute Gasteiger partial charge is 0.336 e. The molecule has 0 aliphatic carbocycles. The number of benzene rings is 2. The number of fused-ring (bicyclic) bond motifs is 1. The number of hydrogen-bond donors (Lipinski definition) is 1. The van der Waals surface area contributed by atoms with Crippen molar-refractivity contribution in [2.45, 2.75) is 43.6 Å². The van der Waals surface area contributed by atoms with E-state index in [1.54, 1.807) is 0 Å². The van der Waals surface area contributed by atoms with Crippen molar-refractivity contribution in [3.05, 3.63) is 81.5 Å². The maximum atomic E-state index is 11.9. The Kier molecular flexibility index (Phi) is 5.90.